The first-order valence-corrected chi connectivity index (χ1v) is 6.45. The summed E-state index contributed by atoms with van der Waals surface area (Å²) in [5.74, 6) is 0.0192. The summed E-state index contributed by atoms with van der Waals surface area (Å²) < 4.78 is 2.00. The number of carbonyl (C=O) groups excluding carboxylic acids is 1. The number of rotatable bonds is 4. The molecule has 0 aliphatic carbocycles. The van der Waals surface area contributed by atoms with Crippen molar-refractivity contribution in [3.8, 4) is 0 Å². The maximum Gasteiger partial charge on any atom is 0.193 e. The number of aromatic nitrogens is 2. The van der Waals surface area contributed by atoms with Crippen LogP contribution in [0.25, 0.3) is 11.0 Å². The highest BCUT2D eigenvalue weighted by Crippen LogP contribution is 2.17. The molecule has 2 aromatic carbocycles. The second-order valence-electron chi connectivity index (χ2n) is 4.58. The van der Waals surface area contributed by atoms with E-state index in [0.29, 0.717) is 17.7 Å². The van der Waals surface area contributed by atoms with Crippen molar-refractivity contribution in [3.63, 3.8) is 0 Å². The number of benzene rings is 2. The van der Waals surface area contributed by atoms with Crippen LogP contribution in [-0.4, -0.2) is 15.3 Å². The third kappa shape index (κ3) is 2.14. The number of nitrogens with zero attached hydrogens (tertiary/aromatic N) is 2. The van der Waals surface area contributed by atoms with Gasteiger partial charge in [-0.1, -0.05) is 36.4 Å². The molecule has 0 N–H and O–H groups in total. The Morgan fingerprint density at radius 3 is 2.70 bits per heavy atom. The van der Waals surface area contributed by atoms with Crippen molar-refractivity contribution >= 4 is 16.8 Å². The number of hydrogen-bond donors (Lipinski definition) is 0. The summed E-state index contributed by atoms with van der Waals surface area (Å²) in [6, 6.07) is 14.9. The highest BCUT2D eigenvalue weighted by Gasteiger charge is 2.10. The van der Waals surface area contributed by atoms with Crippen molar-refractivity contribution in [2.24, 2.45) is 0 Å². The van der Waals surface area contributed by atoms with Crippen LogP contribution in [0.5, 0.6) is 0 Å². The van der Waals surface area contributed by atoms with Gasteiger partial charge in [0.1, 0.15) is 0 Å². The van der Waals surface area contributed by atoms with Gasteiger partial charge in [-0.15, -0.1) is 6.58 Å². The molecule has 0 radical (unpaired) electrons. The van der Waals surface area contributed by atoms with E-state index in [0.717, 1.165) is 11.0 Å². The Hall–Kier alpha value is -2.68. The molecule has 0 aliphatic rings. The van der Waals surface area contributed by atoms with Gasteiger partial charge in [0.2, 0.25) is 0 Å². The Morgan fingerprint density at radius 1 is 1.15 bits per heavy atom. The van der Waals surface area contributed by atoms with E-state index in [2.05, 4.69) is 11.6 Å². The molecule has 0 spiro atoms. The zero-order valence-electron chi connectivity index (χ0n) is 11.0. The minimum Gasteiger partial charge on any atom is -0.327 e. The van der Waals surface area contributed by atoms with Gasteiger partial charge in [-0.25, -0.2) is 4.98 Å². The van der Waals surface area contributed by atoms with Gasteiger partial charge in [-0.3, -0.25) is 4.79 Å². The molecule has 0 unspecified atom stereocenters. The second kappa shape index (κ2) is 5.13. The lowest BCUT2D eigenvalue weighted by atomic mass is 10.0. The van der Waals surface area contributed by atoms with Crippen molar-refractivity contribution in [3.05, 3.63) is 78.6 Å². The topological polar surface area (TPSA) is 34.9 Å². The number of hydrogen-bond acceptors (Lipinski definition) is 2. The van der Waals surface area contributed by atoms with Crippen molar-refractivity contribution in [2.45, 2.75) is 6.54 Å². The molecular weight excluding hydrogens is 248 g/mol. The molecule has 3 aromatic rings. The molecule has 98 valence electrons. The monoisotopic (exact) mass is 262 g/mol. The molecule has 0 fully saturated rings. The van der Waals surface area contributed by atoms with E-state index in [1.807, 2.05) is 59.2 Å². The van der Waals surface area contributed by atoms with Crippen LogP contribution >= 0.6 is 0 Å². The molecular formula is C17H14N2O. The first kappa shape index (κ1) is 12.4. The lowest BCUT2D eigenvalue weighted by Gasteiger charge is -2.02. The Kier molecular flexibility index (Phi) is 3.17. The highest BCUT2D eigenvalue weighted by molar-refractivity contribution is 6.10. The van der Waals surface area contributed by atoms with Crippen LogP contribution in [0.3, 0.4) is 0 Å². The van der Waals surface area contributed by atoms with Gasteiger partial charge in [0.25, 0.3) is 0 Å². The van der Waals surface area contributed by atoms with Gasteiger partial charge in [0, 0.05) is 17.7 Å². The van der Waals surface area contributed by atoms with E-state index in [-0.39, 0.29) is 5.78 Å². The predicted molar refractivity (Wildman–Crippen MR) is 79.8 cm³/mol. The Bertz CT molecular complexity index is 772. The van der Waals surface area contributed by atoms with Crippen molar-refractivity contribution in [1.29, 1.82) is 0 Å². The molecule has 0 saturated carbocycles. The third-order valence-electron chi connectivity index (χ3n) is 3.25. The first-order valence-electron chi connectivity index (χ1n) is 6.45. The van der Waals surface area contributed by atoms with E-state index in [9.17, 15) is 4.79 Å². The summed E-state index contributed by atoms with van der Waals surface area (Å²) >= 11 is 0. The molecule has 1 aromatic heterocycles. The summed E-state index contributed by atoms with van der Waals surface area (Å²) in [5, 5.41) is 0. The van der Waals surface area contributed by atoms with Crippen LogP contribution in [0.15, 0.2) is 67.5 Å². The number of fused-ring (bicyclic) bond motifs is 1. The van der Waals surface area contributed by atoms with Crippen molar-refractivity contribution < 1.29 is 4.79 Å². The molecule has 0 saturated heterocycles. The van der Waals surface area contributed by atoms with Gasteiger partial charge < -0.3 is 4.57 Å². The number of allylic oxidation sites excluding steroid dienone is 1. The Balaban J connectivity index is 2.01. The van der Waals surface area contributed by atoms with Crippen LogP contribution in [0.1, 0.15) is 15.9 Å². The van der Waals surface area contributed by atoms with Gasteiger partial charge in [0.15, 0.2) is 5.78 Å². The van der Waals surface area contributed by atoms with Crippen LogP contribution in [-0.2, 0) is 6.54 Å². The summed E-state index contributed by atoms with van der Waals surface area (Å²) in [4.78, 5) is 16.7. The SMILES string of the molecule is C=CCn1cnc2cc(C(=O)c3ccccc3)ccc21. The molecule has 0 amide bonds. The average molecular weight is 262 g/mol. The van der Waals surface area contributed by atoms with Crippen molar-refractivity contribution in [2.75, 3.05) is 0 Å². The van der Waals surface area contributed by atoms with E-state index < -0.39 is 0 Å². The van der Waals surface area contributed by atoms with Crippen LogP contribution in [0.2, 0.25) is 0 Å². The van der Waals surface area contributed by atoms with Crippen LogP contribution in [0.4, 0.5) is 0 Å². The molecule has 1 heterocycles. The summed E-state index contributed by atoms with van der Waals surface area (Å²) in [6.45, 7) is 4.44. The van der Waals surface area contributed by atoms with E-state index in [1.165, 1.54) is 0 Å². The predicted octanol–water partition coefficient (Wildman–Crippen LogP) is 3.45. The minimum absolute atomic E-state index is 0.0192. The largest absolute Gasteiger partial charge is 0.327 e. The van der Waals surface area contributed by atoms with E-state index in [4.69, 9.17) is 0 Å². The molecule has 3 nitrogen and oxygen atoms in total. The zero-order chi connectivity index (χ0) is 13.9. The molecule has 20 heavy (non-hydrogen) atoms. The second-order valence-corrected chi connectivity index (χ2v) is 4.58. The summed E-state index contributed by atoms with van der Waals surface area (Å²) in [5.41, 5.74) is 3.19. The molecule has 0 bridgehead atoms. The maximum atomic E-state index is 12.4. The minimum atomic E-state index is 0.0192. The summed E-state index contributed by atoms with van der Waals surface area (Å²) in [6.07, 6.45) is 3.59. The molecule has 3 rings (SSSR count). The number of ketones is 1. The van der Waals surface area contributed by atoms with Crippen LogP contribution < -0.4 is 0 Å². The Morgan fingerprint density at radius 2 is 1.95 bits per heavy atom. The van der Waals surface area contributed by atoms with Crippen molar-refractivity contribution in [1.82, 2.24) is 9.55 Å². The fraction of sp³-hybridized carbons (Fsp3) is 0.0588. The molecule has 0 atom stereocenters. The molecule has 0 aliphatic heterocycles. The smallest absolute Gasteiger partial charge is 0.193 e. The van der Waals surface area contributed by atoms with Crippen LogP contribution in [0, 0.1) is 0 Å². The Labute approximate surface area is 117 Å². The quantitative estimate of drug-likeness (QED) is 0.533. The normalized spacial score (nSPS) is 10.6. The lowest BCUT2D eigenvalue weighted by Crippen LogP contribution is -2.01. The number of imidazole rings is 1. The lowest BCUT2D eigenvalue weighted by molar-refractivity contribution is 0.103. The fourth-order valence-corrected chi connectivity index (χ4v) is 2.25. The first-order chi connectivity index (χ1) is 9.79. The highest BCUT2D eigenvalue weighted by atomic mass is 16.1. The van der Waals surface area contributed by atoms with Gasteiger partial charge in [-0.2, -0.15) is 0 Å². The number of carbonyl (C=O) groups is 1. The fourth-order valence-electron chi connectivity index (χ4n) is 2.25. The third-order valence-corrected chi connectivity index (χ3v) is 3.25. The van der Waals surface area contributed by atoms with Gasteiger partial charge >= 0.3 is 0 Å². The maximum absolute atomic E-state index is 12.4. The van der Waals surface area contributed by atoms with Gasteiger partial charge in [-0.05, 0) is 18.2 Å². The zero-order valence-corrected chi connectivity index (χ0v) is 11.0. The summed E-state index contributed by atoms with van der Waals surface area (Å²) in [7, 11) is 0. The standard InChI is InChI=1S/C17H14N2O/c1-2-10-19-12-18-15-11-14(8-9-16(15)19)17(20)13-6-4-3-5-7-13/h2-9,11-12H,1,10H2. The average Bonchev–Trinajstić information content (AvgIpc) is 2.90. The van der Waals surface area contributed by atoms with E-state index >= 15 is 0 Å². The molecule has 3 heteroatoms. The van der Waals surface area contributed by atoms with Gasteiger partial charge in [0.05, 0.1) is 17.4 Å². The van der Waals surface area contributed by atoms with E-state index in [1.54, 1.807) is 6.33 Å².